The quantitative estimate of drug-likeness (QED) is 0.110. The molecule has 67 heavy (non-hydrogen) atoms. The number of nitrogen functional groups attached to an aromatic ring is 1. The number of anilines is 3. The van der Waals surface area contributed by atoms with Crippen LogP contribution in [0.25, 0.3) is 22.6 Å². The highest BCUT2D eigenvalue weighted by molar-refractivity contribution is 7.16. The second kappa shape index (κ2) is 18.3. The third-order valence-corrected chi connectivity index (χ3v) is 15.8. The Labute approximate surface area is 396 Å². The van der Waals surface area contributed by atoms with Crippen LogP contribution < -0.4 is 25.0 Å². The summed E-state index contributed by atoms with van der Waals surface area (Å²) in [6.45, 7) is 9.60. The van der Waals surface area contributed by atoms with Gasteiger partial charge in [-0.3, -0.25) is 0 Å². The average Bonchev–Trinajstić information content (AvgIpc) is 4.17. The molecule has 1 spiro atoms. The van der Waals surface area contributed by atoms with Crippen LogP contribution in [0.5, 0.6) is 11.5 Å². The van der Waals surface area contributed by atoms with Gasteiger partial charge in [-0.05, 0) is 133 Å². The number of methoxy groups -OCH3 is 2. The molecule has 346 valence electrons. The van der Waals surface area contributed by atoms with E-state index in [9.17, 15) is 5.26 Å². The molecule has 1 unspecified atom stereocenters. The van der Waals surface area contributed by atoms with Crippen LogP contribution in [0.15, 0.2) is 77.6 Å². The molecule has 1 saturated heterocycles. The van der Waals surface area contributed by atoms with Crippen molar-refractivity contribution in [2.75, 3.05) is 49.9 Å². The van der Waals surface area contributed by atoms with E-state index in [1.807, 2.05) is 42.7 Å². The fourth-order valence-electron chi connectivity index (χ4n) is 11.3. The summed E-state index contributed by atoms with van der Waals surface area (Å²) in [5.41, 5.74) is 13.5. The van der Waals surface area contributed by atoms with Gasteiger partial charge in [0, 0.05) is 47.9 Å². The van der Waals surface area contributed by atoms with Crippen molar-refractivity contribution >= 4 is 39.0 Å². The van der Waals surface area contributed by atoms with Crippen molar-refractivity contribution in [3.8, 4) is 29.1 Å². The summed E-state index contributed by atoms with van der Waals surface area (Å²) in [6.07, 6.45) is 11.4. The lowest BCUT2D eigenvalue weighted by atomic mass is 9.63. The maximum atomic E-state index is 10.4. The van der Waals surface area contributed by atoms with Gasteiger partial charge in [-0.1, -0.05) is 35.5 Å². The Morgan fingerprint density at radius 3 is 2.30 bits per heavy atom. The van der Waals surface area contributed by atoms with Crippen molar-refractivity contribution in [1.29, 1.82) is 5.26 Å². The van der Waals surface area contributed by atoms with E-state index in [2.05, 4.69) is 83.6 Å². The summed E-state index contributed by atoms with van der Waals surface area (Å²) in [5.74, 6) is 4.63. The molecular weight excluding hydrogens is 859 g/mol. The highest BCUT2D eigenvalue weighted by Crippen LogP contribution is 2.55. The monoisotopic (exact) mass is 917 g/mol. The molecule has 1 fully saturated rings. The summed E-state index contributed by atoms with van der Waals surface area (Å²) in [6, 6.07) is 23.3. The molecule has 14 nitrogen and oxygen atoms in total. The lowest BCUT2D eigenvalue weighted by Gasteiger charge is -2.39. The van der Waals surface area contributed by atoms with Crippen LogP contribution in [0.1, 0.15) is 115 Å². The molecule has 5 aromatic heterocycles. The Balaban J connectivity index is 1.09. The van der Waals surface area contributed by atoms with E-state index in [1.165, 1.54) is 4.88 Å². The third kappa shape index (κ3) is 7.83. The number of thiophene rings is 1. The Kier molecular flexibility index (Phi) is 12.1. The minimum atomic E-state index is -0.466. The number of likely N-dealkylation sites (N-methyl/N-ethyl adjacent to an activating group) is 1. The molecule has 10 rings (SSSR count). The molecule has 7 aromatic rings. The van der Waals surface area contributed by atoms with Crippen LogP contribution in [0.2, 0.25) is 0 Å². The van der Waals surface area contributed by atoms with Crippen molar-refractivity contribution in [2.24, 2.45) is 0 Å². The predicted molar refractivity (Wildman–Crippen MR) is 263 cm³/mol. The van der Waals surface area contributed by atoms with Gasteiger partial charge in [0.1, 0.15) is 34.2 Å². The molecule has 3 aliphatic rings. The topological polar surface area (TPSA) is 161 Å². The van der Waals surface area contributed by atoms with Gasteiger partial charge in [-0.15, -0.1) is 11.3 Å². The number of benzene rings is 2. The summed E-state index contributed by atoms with van der Waals surface area (Å²) in [5, 5.41) is 21.8. The van der Waals surface area contributed by atoms with Crippen LogP contribution >= 0.6 is 11.3 Å². The number of hydrogen-bond acceptors (Lipinski definition) is 14. The zero-order valence-electron chi connectivity index (χ0n) is 39.3. The molecule has 0 amide bonds. The smallest absolute Gasteiger partial charge is 0.186 e. The van der Waals surface area contributed by atoms with Gasteiger partial charge in [-0.2, -0.15) is 10.4 Å². The number of aryl methyl sites for hydroxylation is 1. The molecule has 0 saturated carbocycles. The number of rotatable bonds is 14. The number of nitrogens with zero attached hydrogens (tertiary/aromatic N) is 10. The Bertz CT molecular complexity index is 2880. The van der Waals surface area contributed by atoms with Crippen LogP contribution in [-0.4, -0.2) is 75.2 Å². The maximum absolute atomic E-state index is 10.4. The normalized spacial score (nSPS) is 18.9. The zero-order valence-corrected chi connectivity index (χ0v) is 40.1. The Morgan fingerprint density at radius 1 is 0.955 bits per heavy atom. The van der Waals surface area contributed by atoms with Crippen LogP contribution in [0.3, 0.4) is 0 Å². The highest BCUT2D eigenvalue weighted by atomic mass is 32.1. The number of ether oxygens (including phenoxy) is 2. The molecule has 0 bridgehead atoms. The first-order valence-electron chi connectivity index (χ1n) is 23.6. The number of fused-ring (bicyclic) bond motifs is 5. The van der Waals surface area contributed by atoms with Crippen LogP contribution in [0, 0.1) is 11.3 Å². The molecule has 0 radical (unpaired) electrons. The second-order valence-electron chi connectivity index (χ2n) is 18.4. The van der Waals surface area contributed by atoms with Gasteiger partial charge in [0.2, 0.25) is 0 Å². The van der Waals surface area contributed by atoms with Crippen molar-refractivity contribution in [3.05, 3.63) is 117 Å². The molecular formula is C52H59N11O3S. The van der Waals surface area contributed by atoms with E-state index >= 15 is 0 Å². The number of likely N-dealkylation sites (tertiary alicyclic amines) is 1. The van der Waals surface area contributed by atoms with Gasteiger partial charge < -0.3 is 34.4 Å². The van der Waals surface area contributed by atoms with E-state index in [4.69, 9.17) is 44.9 Å². The van der Waals surface area contributed by atoms with Gasteiger partial charge in [0.15, 0.2) is 22.9 Å². The first-order chi connectivity index (χ1) is 32.7. The van der Waals surface area contributed by atoms with E-state index in [0.717, 1.165) is 126 Å². The van der Waals surface area contributed by atoms with Crippen molar-refractivity contribution in [1.82, 2.24) is 34.8 Å². The average molecular weight is 918 g/mol. The summed E-state index contributed by atoms with van der Waals surface area (Å²) >= 11 is 1.55. The van der Waals surface area contributed by atoms with E-state index in [0.29, 0.717) is 47.8 Å². The van der Waals surface area contributed by atoms with E-state index in [1.54, 1.807) is 25.6 Å². The Morgan fingerprint density at radius 2 is 1.66 bits per heavy atom. The number of nitrogens with two attached hydrogens (primary N) is 1. The zero-order chi connectivity index (χ0) is 46.4. The SMILES string of the molecule is CCN(c1nc(-c2noc3c2CCC[C@@]32CCCc3sc(N)c(C#N)c32)nc2c1cnn2[C@@H](C)[C@@H]1CCCN1C)C(C)c1cccnc1N(Cc1ccc(OC)cc1)Cc1ccc(OC)cc1. The first-order valence-corrected chi connectivity index (χ1v) is 24.5. The molecule has 15 heteroatoms. The van der Waals surface area contributed by atoms with Crippen LogP contribution in [-0.2, 0) is 31.3 Å². The van der Waals surface area contributed by atoms with Crippen molar-refractivity contribution in [3.63, 3.8) is 0 Å². The molecule has 6 heterocycles. The first kappa shape index (κ1) is 44.3. The fourth-order valence-corrected chi connectivity index (χ4v) is 12.5. The van der Waals surface area contributed by atoms with E-state index in [-0.39, 0.29) is 12.1 Å². The van der Waals surface area contributed by atoms with E-state index < -0.39 is 5.41 Å². The standard InChI is InChI=1S/C52H59N11O3S/c1-7-62(32(2)38-13-10-26-55-49(38)61(30-34-16-20-36(64-5)21-17-34)31-35-18-22-37(65-6)23-19-35)50-41-29-56-63(33(3)42-14-11-27-60(42)4)51(41)58-48(57-50)45-39-12-8-24-52(46(39)66-59-45)25-9-15-43-44(52)40(28-53)47(54)67-43/h10,13,16-23,26,29,32-33,42H,7-9,11-12,14-15,24-25,27,30-31,54H2,1-6H3/t32?,33-,42-,52-/m0/s1. The summed E-state index contributed by atoms with van der Waals surface area (Å²) in [7, 11) is 5.58. The maximum Gasteiger partial charge on any atom is 0.186 e. The number of aromatic nitrogens is 6. The lowest BCUT2D eigenvalue weighted by molar-refractivity contribution is 0.232. The summed E-state index contributed by atoms with van der Waals surface area (Å²) < 4.78 is 19.6. The Hall–Kier alpha value is -6.50. The molecule has 1 aliphatic heterocycles. The summed E-state index contributed by atoms with van der Waals surface area (Å²) in [4.78, 5) is 24.4. The van der Waals surface area contributed by atoms with Gasteiger partial charge in [0.05, 0.1) is 48.9 Å². The third-order valence-electron chi connectivity index (χ3n) is 14.7. The molecule has 2 aliphatic carbocycles. The predicted octanol–water partition coefficient (Wildman–Crippen LogP) is 9.82. The molecule has 2 aromatic carbocycles. The molecule has 4 atom stereocenters. The lowest BCUT2D eigenvalue weighted by Crippen LogP contribution is -2.35. The van der Waals surface area contributed by atoms with Gasteiger partial charge >= 0.3 is 0 Å². The number of pyridine rings is 1. The highest BCUT2D eigenvalue weighted by Gasteiger charge is 2.49. The van der Waals surface area contributed by atoms with Crippen LogP contribution in [0.4, 0.5) is 16.6 Å². The van der Waals surface area contributed by atoms with Gasteiger partial charge in [-0.25, -0.2) is 19.6 Å². The van der Waals surface area contributed by atoms with Crippen molar-refractivity contribution in [2.45, 2.75) is 109 Å². The minimum Gasteiger partial charge on any atom is -0.497 e. The number of hydrogen-bond donors (Lipinski definition) is 1. The van der Waals surface area contributed by atoms with Gasteiger partial charge in [0.25, 0.3) is 0 Å². The van der Waals surface area contributed by atoms with Crippen molar-refractivity contribution < 1.29 is 14.0 Å². The molecule has 2 N–H and O–H groups in total. The fraction of sp³-hybridized carbons (Fsp3) is 0.423. The minimum absolute atomic E-state index is 0.0612. The second-order valence-corrected chi connectivity index (χ2v) is 19.6. The largest absolute Gasteiger partial charge is 0.497 e. The number of nitriles is 1.